The largest absolute Gasteiger partial charge is 0.495 e. The van der Waals surface area contributed by atoms with Crippen LogP contribution in [-0.2, 0) is 9.53 Å². The van der Waals surface area contributed by atoms with E-state index in [1.807, 2.05) is 6.92 Å². The van der Waals surface area contributed by atoms with Gasteiger partial charge in [0.25, 0.3) is 5.91 Å². The number of nitrogens with one attached hydrogen (secondary N) is 1. The number of aryl methyl sites for hydroxylation is 1. The minimum atomic E-state index is -0.536. The van der Waals surface area contributed by atoms with Crippen molar-refractivity contribution in [2.75, 3.05) is 26.1 Å². The number of benzene rings is 2. The molecule has 0 aliphatic rings. The van der Waals surface area contributed by atoms with Gasteiger partial charge in [0.15, 0.2) is 6.61 Å². The summed E-state index contributed by atoms with van der Waals surface area (Å²) in [6.45, 7) is 1.54. The number of halogens is 1. The van der Waals surface area contributed by atoms with Crippen molar-refractivity contribution in [3.63, 3.8) is 0 Å². The average Bonchev–Trinajstić information content (AvgIpc) is 2.62. The summed E-state index contributed by atoms with van der Waals surface area (Å²) in [6.07, 6.45) is 0. The molecule has 0 radical (unpaired) electrons. The third-order valence-corrected chi connectivity index (χ3v) is 3.81. The SMILES string of the molecule is COC(=O)c1ccccc1OCC(=O)Nc1cc(C)c(Cl)cc1OC. The lowest BCUT2D eigenvalue weighted by molar-refractivity contribution is -0.118. The molecule has 1 amide bonds. The number of anilines is 1. The number of hydrogen-bond donors (Lipinski definition) is 1. The zero-order valence-corrected chi connectivity index (χ0v) is 14.8. The lowest BCUT2D eigenvalue weighted by Gasteiger charge is -2.13. The van der Waals surface area contributed by atoms with Gasteiger partial charge in [-0.1, -0.05) is 23.7 Å². The van der Waals surface area contributed by atoms with Crippen LogP contribution < -0.4 is 14.8 Å². The Morgan fingerprint density at radius 3 is 2.52 bits per heavy atom. The van der Waals surface area contributed by atoms with Gasteiger partial charge in [-0.3, -0.25) is 4.79 Å². The van der Waals surface area contributed by atoms with E-state index in [0.717, 1.165) is 5.56 Å². The molecular weight excluding hydrogens is 346 g/mol. The van der Waals surface area contributed by atoms with Crippen molar-refractivity contribution in [1.82, 2.24) is 0 Å². The first kappa shape index (κ1) is 18.6. The van der Waals surface area contributed by atoms with Crippen LogP contribution in [0, 0.1) is 6.92 Å². The average molecular weight is 364 g/mol. The van der Waals surface area contributed by atoms with E-state index in [1.165, 1.54) is 14.2 Å². The highest BCUT2D eigenvalue weighted by molar-refractivity contribution is 6.31. The summed E-state index contributed by atoms with van der Waals surface area (Å²) in [7, 11) is 2.76. The van der Waals surface area contributed by atoms with E-state index in [2.05, 4.69) is 10.1 Å². The minimum absolute atomic E-state index is 0.248. The molecule has 0 aromatic heterocycles. The van der Waals surface area contributed by atoms with Gasteiger partial charge in [0, 0.05) is 11.1 Å². The number of esters is 1. The van der Waals surface area contributed by atoms with Crippen molar-refractivity contribution < 1.29 is 23.8 Å². The molecule has 6 nitrogen and oxygen atoms in total. The first-order valence-electron chi connectivity index (χ1n) is 7.40. The predicted octanol–water partition coefficient (Wildman–Crippen LogP) is 3.46. The molecule has 25 heavy (non-hydrogen) atoms. The van der Waals surface area contributed by atoms with Crippen molar-refractivity contribution in [3.8, 4) is 11.5 Å². The molecule has 0 heterocycles. The van der Waals surface area contributed by atoms with Crippen molar-refractivity contribution in [1.29, 1.82) is 0 Å². The van der Waals surface area contributed by atoms with Crippen molar-refractivity contribution in [2.24, 2.45) is 0 Å². The molecule has 0 unspecified atom stereocenters. The molecule has 2 aromatic rings. The van der Waals surface area contributed by atoms with Crippen LogP contribution in [0.4, 0.5) is 5.69 Å². The van der Waals surface area contributed by atoms with Gasteiger partial charge in [0.2, 0.25) is 0 Å². The molecular formula is C18H18ClNO5. The predicted molar refractivity (Wildman–Crippen MR) is 94.6 cm³/mol. The van der Waals surface area contributed by atoms with Gasteiger partial charge in [-0.15, -0.1) is 0 Å². The summed E-state index contributed by atoms with van der Waals surface area (Å²) in [5.41, 5.74) is 1.53. The molecule has 0 fully saturated rings. The highest BCUT2D eigenvalue weighted by Gasteiger charge is 2.15. The summed E-state index contributed by atoms with van der Waals surface area (Å²) in [6, 6.07) is 9.87. The lowest BCUT2D eigenvalue weighted by atomic mass is 10.2. The standard InChI is InChI=1S/C18H18ClNO5/c1-11-8-14(16(23-2)9-13(11)19)20-17(21)10-25-15-7-5-4-6-12(15)18(22)24-3/h4-9H,10H2,1-3H3,(H,20,21). The Hall–Kier alpha value is -2.73. The molecule has 0 saturated carbocycles. The number of rotatable bonds is 6. The number of carbonyl (C=O) groups excluding carboxylic acids is 2. The number of ether oxygens (including phenoxy) is 3. The Balaban J connectivity index is 2.08. The normalized spacial score (nSPS) is 10.1. The van der Waals surface area contributed by atoms with Crippen LogP contribution in [0.2, 0.25) is 5.02 Å². The van der Waals surface area contributed by atoms with Crippen molar-refractivity contribution in [3.05, 3.63) is 52.5 Å². The highest BCUT2D eigenvalue weighted by atomic mass is 35.5. The van der Waals surface area contributed by atoms with Crippen molar-refractivity contribution >= 4 is 29.2 Å². The summed E-state index contributed by atoms with van der Waals surface area (Å²) < 4.78 is 15.3. The van der Waals surface area contributed by atoms with Gasteiger partial charge >= 0.3 is 5.97 Å². The van der Waals surface area contributed by atoms with Gasteiger partial charge in [0.05, 0.1) is 19.9 Å². The van der Waals surface area contributed by atoms with Crippen LogP contribution in [0.1, 0.15) is 15.9 Å². The highest BCUT2D eigenvalue weighted by Crippen LogP contribution is 2.31. The summed E-state index contributed by atoms with van der Waals surface area (Å²) in [5.74, 6) is -0.228. The van der Waals surface area contributed by atoms with E-state index in [4.69, 9.17) is 21.1 Å². The molecule has 0 spiro atoms. The number of para-hydroxylation sites is 1. The van der Waals surface area contributed by atoms with E-state index in [0.29, 0.717) is 16.5 Å². The van der Waals surface area contributed by atoms with Gasteiger partial charge in [-0.2, -0.15) is 0 Å². The second-order valence-electron chi connectivity index (χ2n) is 5.13. The third-order valence-electron chi connectivity index (χ3n) is 3.41. The fourth-order valence-corrected chi connectivity index (χ4v) is 2.28. The summed E-state index contributed by atoms with van der Waals surface area (Å²) in [5, 5.41) is 3.24. The zero-order valence-electron chi connectivity index (χ0n) is 14.1. The number of carbonyl (C=O) groups is 2. The molecule has 0 aliphatic heterocycles. The minimum Gasteiger partial charge on any atom is -0.495 e. The molecule has 1 N–H and O–H groups in total. The number of methoxy groups -OCH3 is 2. The van der Waals surface area contributed by atoms with Crippen LogP contribution >= 0.6 is 11.6 Å². The fraction of sp³-hybridized carbons (Fsp3) is 0.222. The van der Waals surface area contributed by atoms with Crippen molar-refractivity contribution in [2.45, 2.75) is 6.92 Å². The van der Waals surface area contributed by atoms with Crippen LogP contribution in [0.25, 0.3) is 0 Å². The molecule has 132 valence electrons. The lowest BCUT2D eigenvalue weighted by Crippen LogP contribution is -2.21. The second kappa shape index (κ2) is 8.39. The Morgan fingerprint density at radius 1 is 1.12 bits per heavy atom. The Labute approximate surface area is 150 Å². The smallest absolute Gasteiger partial charge is 0.341 e. The molecule has 0 saturated heterocycles. The van der Waals surface area contributed by atoms with Gasteiger partial charge in [-0.25, -0.2) is 4.79 Å². The van der Waals surface area contributed by atoms with E-state index in [1.54, 1.807) is 36.4 Å². The maximum atomic E-state index is 12.2. The van der Waals surface area contributed by atoms with Crippen LogP contribution in [0.3, 0.4) is 0 Å². The van der Waals surface area contributed by atoms with E-state index in [9.17, 15) is 9.59 Å². The zero-order chi connectivity index (χ0) is 18.4. The summed E-state index contributed by atoms with van der Waals surface area (Å²) in [4.78, 5) is 23.9. The topological polar surface area (TPSA) is 73.9 Å². The van der Waals surface area contributed by atoms with Crippen LogP contribution in [0.5, 0.6) is 11.5 Å². The van der Waals surface area contributed by atoms with Crippen LogP contribution in [-0.4, -0.2) is 32.7 Å². The number of hydrogen-bond acceptors (Lipinski definition) is 5. The monoisotopic (exact) mass is 363 g/mol. The molecule has 0 bridgehead atoms. The van der Waals surface area contributed by atoms with E-state index >= 15 is 0 Å². The second-order valence-corrected chi connectivity index (χ2v) is 5.53. The Kier molecular flexibility index (Phi) is 6.25. The van der Waals surface area contributed by atoms with Gasteiger partial charge in [-0.05, 0) is 30.7 Å². The molecule has 0 atom stereocenters. The first-order chi connectivity index (χ1) is 12.0. The van der Waals surface area contributed by atoms with E-state index < -0.39 is 11.9 Å². The quantitative estimate of drug-likeness (QED) is 0.795. The Morgan fingerprint density at radius 2 is 1.84 bits per heavy atom. The maximum Gasteiger partial charge on any atom is 0.341 e. The molecule has 2 aromatic carbocycles. The molecule has 2 rings (SSSR count). The maximum absolute atomic E-state index is 12.2. The fourth-order valence-electron chi connectivity index (χ4n) is 2.13. The van der Waals surface area contributed by atoms with Gasteiger partial charge in [0.1, 0.15) is 17.1 Å². The number of amides is 1. The third kappa shape index (κ3) is 4.64. The summed E-state index contributed by atoms with van der Waals surface area (Å²) >= 11 is 6.04. The van der Waals surface area contributed by atoms with Crippen LogP contribution in [0.15, 0.2) is 36.4 Å². The first-order valence-corrected chi connectivity index (χ1v) is 7.78. The Bertz CT molecular complexity index is 791. The van der Waals surface area contributed by atoms with E-state index in [-0.39, 0.29) is 17.9 Å². The molecule has 7 heteroatoms. The molecule has 0 aliphatic carbocycles. The van der Waals surface area contributed by atoms with Gasteiger partial charge < -0.3 is 19.5 Å².